The van der Waals surface area contributed by atoms with Crippen LogP contribution in [0.15, 0.2) is 14.7 Å². The minimum atomic E-state index is -3.98. The van der Waals surface area contributed by atoms with E-state index in [0.29, 0.717) is 0 Å². The second-order valence-electron chi connectivity index (χ2n) is 1.63. The first kappa shape index (κ1) is 9.34. The van der Waals surface area contributed by atoms with Crippen molar-refractivity contribution >= 4 is 39.2 Å². The van der Waals surface area contributed by atoms with Gasteiger partial charge in [0.25, 0.3) is 16.1 Å². The monoisotopic (exact) mass is 224 g/mol. The molecular formula is C4HClN2O3S2. The maximum Gasteiger partial charge on any atom is 0.296 e. The zero-order valence-corrected chi connectivity index (χ0v) is 7.78. The molecule has 0 bridgehead atoms. The van der Waals surface area contributed by atoms with Gasteiger partial charge in [-0.1, -0.05) is 16.0 Å². The van der Waals surface area contributed by atoms with Crippen LogP contribution in [0, 0.1) is 0 Å². The summed E-state index contributed by atoms with van der Waals surface area (Å²) in [5.74, 6) is 0. The van der Waals surface area contributed by atoms with Gasteiger partial charge in [0.15, 0.2) is 5.15 Å². The van der Waals surface area contributed by atoms with Gasteiger partial charge in [0, 0.05) is 5.38 Å². The normalized spacial score (nSPS) is 10.8. The molecule has 0 aromatic carbocycles. The van der Waals surface area contributed by atoms with E-state index in [2.05, 4.69) is 8.77 Å². The maximum atomic E-state index is 11.0. The Bertz CT molecular complexity index is 431. The van der Waals surface area contributed by atoms with Crippen molar-refractivity contribution in [3.8, 4) is 0 Å². The van der Waals surface area contributed by atoms with E-state index in [1.165, 1.54) is 5.38 Å². The Labute approximate surface area is 76.9 Å². The molecule has 8 heteroatoms. The largest absolute Gasteiger partial charge is 0.296 e. The topological polar surface area (TPSA) is 76.5 Å². The van der Waals surface area contributed by atoms with Crippen molar-refractivity contribution < 1.29 is 13.2 Å². The minimum Gasteiger partial charge on any atom is -0.210 e. The molecule has 0 atom stereocenters. The summed E-state index contributed by atoms with van der Waals surface area (Å²) >= 11 is 6.26. The number of sulfonamides is 1. The van der Waals surface area contributed by atoms with E-state index in [4.69, 9.17) is 11.6 Å². The van der Waals surface area contributed by atoms with Gasteiger partial charge in [0.2, 0.25) is 0 Å². The summed E-state index contributed by atoms with van der Waals surface area (Å²) < 4.78 is 28.0. The lowest BCUT2D eigenvalue weighted by Gasteiger charge is -1.88. The summed E-state index contributed by atoms with van der Waals surface area (Å²) in [6, 6.07) is 0. The highest BCUT2D eigenvalue weighted by Crippen LogP contribution is 2.22. The van der Waals surface area contributed by atoms with Gasteiger partial charge in [0.1, 0.15) is 4.90 Å². The van der Waals surface area contributed by atoms with Gasteiger partial charge >= 0.3 is 0 Å². The van der Waals surface area contributed by atoms with Crippen LogP contribution in [-0.4, -0.2) is 18.9 Å². The number of nitrogens with zero attached hydrogens (tertiary/aromatic N) is 2. The molecule has 0 unspecified atom stereocenters. The fourth-order valence-electron chi connectivity index (χ4n) is 0.480. The molecular weight excluding hydrogens is 224 g/mol. The van der Waals surface area contributed by atoms with Crippen LogP contribution in [0.25, 0.3) is 0 Å². The molecule has 0 aliphatic heterocycles. The Morgan fingerprint density at radius 2 is 2.33 bits per heavy atom. The molecule has 0 saturated heterocycles. The van der Waals surface area contributed by atoms with Crippen molar-refractivity contribution in [3.05, 3.63) is 10.5 Å². The predicted molar refractivity (Wildman–Crippen MR) is 42.4 cm³/mol. The summed E-state index contributed by atoms with van der Waals surface area (Å²) in [7, 11) is -3.98. The van der Waals surface area contributed by atoms with Gasteiger partial charge in [-0.25, -0.2) is 4.79 Å². The molecule has 12 heavy (non-hydrogen) atoms. The van der Waals surface area contributed by atoms with Crippen molar-refractivity contribution in [2.24, 2.45) is 4.40 Å². The number of rotatable bonds is 2. The lowest BCUT2D eigenvalue weighted by Crippen LogP contribution is -1.94. The highest BCUT2D eigenvalue weighted by Gasteiger charge is 2.18. The SMILES string of the molecule is O=C=NS(=O)(=O)c1csnc1Cl. The Morgan fingerprint density at radius 1 is 1.67 bits per heavy atom. The number of hydrogen-bond donors (Lipinski definition) is 0. The van der Waals surface area contributed by atoms with E-state index in [-0.39, 0.29) is 10.0 Å². The third-order valence-electron chi connectivity index (χ3n) is 0.931. The van der Waals surface area contributed by atoms with Gasteiger partial charge in [-0.3, -0.25) is 0 Å². The van der Waals surface area contributed by atoms with Gasteiger partial charge in [-0.15, -0.1) is 0 Å². The molecule has 0 spiro atoms. The van der Waals surface area contributed by atoms with E-state index in [0.717, 1.165) is 17.6 Å². The Kier molecular flexibility index (Phi) is 2.58. The zero-order chi connectivity index (χ0) is 9.19. The number of halogens is 1. The van der Waals surface area contributed by atoms with Gasteiger partial charge < -0.3 is 0 Å². The maximum absolute atomic E-state index is 11.0. The van der Waals surface area contributed by atoms with Crippen molar-refractivity contribution in [1.82, 2.24) is 4.37 Å². The first-order valence-electron chi connectivity index (χ1n) is 2.52. The first-order valence-corrected chi connectivity index (χ1v) is 5.17. The highest BCUT2D eigenvalue weighted by atomic mass is 35.5. The second kappa shape index (κ2) is 3.32. The molecule has 0 N–H and O–H groups in total. The lowest BCUT2D eigenvalue weighted by molar-refractivity contribution is 0.563. The van der Waals surface area contributed by atoms with Crippen molar-refractivity contribution in [2.45, 2.75) is 4.90 Å². The summed E-state index contributed by atoms with van der Waals surface area (Å²) in [4.78, 5) is 9.43. The minimum absolute atomic E-state index is 0.181. The first-order chi connectivity index (χ1) is 5.58. The van der Waals surface area contributed by atoms with Crippen molar-refractivity contribution in [2.75, 3.05) is 0 Å². The van der Waals surface area contributed by atoms with Crippen LogP contribution in [0.2, 0.25) is 5.15 Å². The van der Waals surface area contributed by atoms with E-state index in [1.54, 1.807) is 0 Å². The highest BCUT2D eigenvalue weighted by molar-refractivity contribution is 7.90. The Balaban J connectivity index is 3.33. The van der Waals surface area contributed by atoms with E-state index in [9.17, 15) is 13.2 Å². The average Bonchev–Trinajstić information content (AvgIpc) is 2.35. The standard InChI is InChI=1S/C4HClN2O3S2/c5-4-3(1-11-7-4)12(9,10)6-2-8/h1H. The van der Waals surface area contributed by atoms with Crippen LogP contribution in [0.4, 0.5) is 0 Å². The van der Waals surface area contributed by atoms with Gasteiger partial charge in [0.05, 0.1) is 0 Å². The lowest BCUT2D eigenvalue weighted by atomic mass is 10.8. The molecule has 1 aromatic heterocycles. The van der Waals surface area contributed by atoms with Crippen LogP contribution in [-0.2, 0) is 14.8 Å². The van der Waals surface area contributed by atoms with Crippen molar-refractivity contribution in [1.29, 1.82) is 0 Å². The molecule has 64 valence electrons. The predicted octanol–water partition coefficient (Wildman–Crippen LogP) is 0.821. The van der Waals surface area contributed by atoms with Crippen LogP contribution in [0.1, 0.15) is 0 Å². The molecule has 0 radical (unpaired) electrons. The molecule has 5 nitrogen and oxygen atoms in total. The summed E-state index contributed by atoms with van der Waals surface area (Å²) in [6.45, 7) is 0. The zero-order valence-electron chi connectivity index (χ0n) is 5.39. The molecule has 0 amide bonds. The number of carbonyl (C=O) groups excluding carboxylic acids is 1. The van der Waals surface area contributed by atoms with E-state index >= 15 is 0 Å². The van der Waals surface area contributed by atoms with Crippen LogP contribution < -0.4 is 0 Å². The third kappa shape index (κ3) is 1.70. The van der Waals surface area contributed by atoms with Gasteiger partial charge in [-0.05, 0) is 11.5 Å². The molecule has 0 aliphatic carbocycles. The van der Waals surface area contributed by atoms with E-state index < -0.39 is 10.0 Å². The second-order valence-corrected chi connectivity index (χ2v) is 4.19. The Morgan fingerprint density at radius 3 is 2.75 bits per heavy atom. The number of aromatic nitrogens is 1. The number of isocyanates is 1. The molecule has 0 saturated carbocycles. The van der Waals surface area contributed by atoms with E-state index in [1.807, 2.05) is 0 Å². The summed E-state index contributed by atoms with van der Waals surface area (Å²) in [6.07, 6.45) is 0.929. The van der Waals surface area contributed by atoms with Crippen LogP contribution >= 0.6 is 23.1 Å². The average molecular weight is 225 g/mol. The van der Waals surface area contributed by atoms with Crippen LogP contribution in [0.5, 0.6) is 0 Å². The molecule has 1 aromatic rings. The van der Waals surface area contributed by atoms with Crippen LogP contribution in [0.3, 0.4) is 0 Å². The fraction of sp³-hybridized carbons (Fsp3) is 0. The smallest absolute Gasteiger partial charge is 0.210 e. The number of hydrogen-bond acceptors (Lipinski definition) is 5. The van der Waals surface area contributed by atoms with Crippen molar-refractivity contribution in [3.63, 3.8) is 0 Å². The third-order valence-corrected chi connectivity index (χ3v) is 3.39. The van der Waals surface area contributed by atoms with Gasteiger partial charge in [-0.2, -0.15) is 12.8 Å². The molecule has 0 fully saturated rings. The molecule has 1 heterocycles. The summed E-state index contributed by atoms with van der Waals surface area (Å²) in [5.41, 5.74) is 0. The Hall–Kier alpha value is -0.750. The quantitative estimate of drug-likeness (QED) is 0.551. The molecule has 0 aliphatic rings. The summed E-state index contributed by atoms with van der Waals surface area (Å²) in [5, 5.41) is 1.01. The fourth-order valence-corrected chi connectivity index (χ4v) is 2.59. The molecule has 1 rings (SSSR count).